The number of ether oxygens (including phenoxy) is 1. The van der Waals surface area contributed by atoms with Crippen LogP contribution in [-0.4, -0.2) is 121 Å². The van der Waals surface area contributed by atoms with Crippen molar-refractivity contribution in [3.8, 4) is 28.8 Å². The quantitative estimate of drug-likeness (QED) is 0.0457. The first-order chi connectivity index (χ1) is 32.7. The summed E-state index contributed by atoms with van der Waals surface area (Å²) in [6, 6.07) is 22.5. The number of nitrogens with zero attached hydrogens (tertiary/aromatic N) is 8. The Bertz CT molecular complexity index is 2850. The molecule has 2 unspecified atom stereocenters. The zero-order chi connectivity index (χ0) is 48.1. The molecular weight excluding hydrogens is 869 g/mol. The maximum atomic E-state index is 14.0. The van der Waals surface area contributed by atoms with Crippen LogP contribution in [0.3, 0.4) is 0 Å². The van der Waals surface area contributed by atoms with E-state index >= 15 is 0 Å². The third-order valence-electron chi connectivity index (χ3n) is 12.6. The minimum Gasteiger partial charge on any atom is -0.457 e. The van der Waals surface area contributed by atoms with Gasteiger partial charge in [-0.1, -0.05) is 24.3 Å². The number of para-hydroxylation sites is 1. The number of likely N-dealkylation sites (tertiary alicyclic amines) is 1. The molecule has 2 atom stereocenters. The van der Waals surface area contributed by atoms with E-state index in [1.165, 1.54) is 12.4 Å². The van der Waals surface area contributed by atoms with Gasteiger partial charge in [-0.15, -0.1) is 0 Å². The van der Waals surface area contributed by atoms with Crippen LogP contribution in [0, 0.1) is 11.3 Å². The van der Waals surface area contributed by atoms with Gasteiger partial charge in [0.2, 0.25) is 17.7 Å². The number of nitrogen functional groups attached to an aromatic ring is 1. The highest BCUT2D eigenvalue weighted by molar-refractivity contribution is 6.25. The number of hydrogen-bond donors (Lipinski definition) is 4. The van der Waals surface area contributed by atoms with Crippen LogP contribution in [0.5, 0.6) is 11.5 Å². The standard InChI is InChI=1S/C49H52N12O7/c1-49(2,58(3)23-8-7-22-52-39(63)27-53-36-15-9-14-35-40(36)48(67)60(47(35)66)37-20-21-38(62)56-45(37)64)25-31(26-50)46(65)59-24-10-11-32(28-59)61-44-41(43(51)54-29-55-44)42(57-61)30-16-18-34(19-17-30)68-33-12-5-4-6-13-33/h4-6,9,12-19,25,29,32,37,53H,7-8,10-11,20-24,27-28H2,1-3H3,(H,52,63)(H2,51,54,55)(H,56,62,64). The molecule has 5 N–H and O–H groups in total. The van der Waals surface area contributed by atoms with Gasteiger partial charge in [-0.2, -0.15) is 10.4 Å². The zero-order valence-corrected chi connectivity index (χ0v) is 38.0. The summed E-state index contributed by atoms with van der Waals surface area (Å²) in [5.41, 5.74) is 8.23. The summed E-state index contributed by atoms with van der Waals surface area (Å²) in [6.07, 6.45) is 5.91. The maximum Gasteiger partial charge on any atom is 0.264 e. The van der Waals surface area contributed by atoms with Crippen LogP contribution < -0.4 is 26.4 Å². The summed E-state index contributed by atoms with van der Waals surface area (Å²) in [5, 5.41) is 23.9. The molecule has 0 bridgehead atoms. The van der Waals surface area contributed by atoms with E-state index in [9.17, 15) is 34.0 Å². The molecule has 6 amide bonds. The average Bonchev–Trinajstić information content (AvgIpc) is 3.85. The zero-order valence-electron chi connectivity index (χ0n) is 38.0. The number of carbonyl (C=O) groups is 6. The molecule has 0 spiro atoms. The normalized spacial score (nSPS) is 17.5. The highest BCUT2D eigenvalue weighted by Gasteiger charge is 2.45. The molecule has 2 saturated heterocycles. The van der Waals surface area contributed by atoms with Crippen LogP contribution in [0.4, 0.5) is 11.5 Å². The van der Waals surface area contributed by atoms with E-state index in [-0.39, 0.29) is 59.6 Å². The number of nitriles is 1. The van der Waals surface area contributed by atoms with E-state index in [1.54, 1.807) is 23.1 Å². The Kier molecular flexibility index (Phi) is 13.6. The van der Waals surface area contributed by atoms with Gasteiger partial charge < -0.3 is 26.0 Å². The van der Waals surface area contributed by atoms with Crippen molar-refractivity contribution in [3.05, 3.63) is 102 Å². The van der Waals surface area contributed by atoms with Gasteiger partial charge in [-0.3, -0.25) is 43.9 Å². The number of nitrogens with two attached hydrogens (primary N) is 1. The van der Waals surface area contributed by atoms with Crippen molar-refractivity contribution in [2.24, 2.45) is 0 Å². The summed E-state index contributed by atoms with van der Waals surface area (Å²) in [7, 11) is 1.92. The van der Waals surface area contributed by atoms with E-state index in [4.69, 9.17) is 15.6 Å². The van der Waals surface area contributed by atoms with Crippen molar-refractivity contribution in [1.82, 2.24) is 45.1 Å². The first-order valence-corrected chi connectivity index (χ1v) is 22.5. The van der Waals surface area contributed by atoms with E-state index < -0.39 is 35.2 Å². The Labute approximate surface area is 392 Å². The van der Waals surface area contributed by atoms with Crippen molar-refractivity contribution in [2.75, 3.05) is 50.8 Å². The van der Waals surface area contributed by atoms with Crippen LogP contribution in [0.15, 0.2) is 90.8 Å². The van der Waals surface area contributed by atoms with Crippen LogP contribution in [0.1, 0.15) is 79.1 Å². The molecule has 19 heteroatoms. The molecule has 2 fully saturated rings. The number of carbonyl (C=O) groups excluding carboxylic acids is 6. The largest absolute Gasteiger partial charge is 0.457 e. The number of piperidine rings is 2. The van der Waals surface area contributed by atoms with Crippen LogP contribution in [-0.2, 0) is 19.2 Å². The summed E-state index contributed by atoms with van der Waals surface area (Å²) in [4.78, 5) is 90.9. The number of fused-ring (bicyclic) bond motifs is 2. The third-order valence-corrected chi connectivity index (χ3v) is 12.6. The highest BCUT2D eigenvalue weighted by atomic mass is 16.5. The molecule has 3 aliphatic rings. The smallest absolute Gasteiger partial charge is 0.264 e. The van der Waals surface area contributed by atoms with Gasteiger partial charge in [0, 0.05) is 42.8 Å². The van der Waals surface area contributed by atoms with Crippen molar-refractivity contribution in [1.29, 1.82) is 5.26 Å². The molecule has 3 aliphatic heterocycles. The van der Waals surface area contributed by atoms with Crippen molar-refractivity contribution in [3.63, 3.8) is 0 Å². The Hall–Kier alpha value is -7.98. The van der Waals surface area contributed by atoms with Gasteiger partial charge in [0.1, 0.15) is 47.0 Å². The van der Waals surface area contributed by atoms with Crippen molar-refractivity contribution >= 4 is 58.0 Å². The highest BCUT2D eigenvalue weighted by Crippen LogP contribution is 2.36. The number of unbranched alkanes of at least 4 members (excludes halogenated alkanes) is 1. The number of nitrogens with one attached hydrogen (secondary N) is 3. The number of benzene rings is 3. The van der Waals surface area contributed by atoms with Gasteiger partial charge >= 0.3 is 0 Å². The molecule has 2 aromatic heterocycles. The second-order valence-electron chi connectivity index (χ2n) is 17.6. The van der Waals surface area contributed by atoms with Crippen LogP contribution in [0.25, 0.3) is 22.3 Å². The molecule has 19 nitrogen and oxygen atoms in total. The Morgan fingerprint density at radius 2 is 1.75 bits per heavy atom. The van der Waals surface area contributed by atoms with Crippen LogP contribution in [0.2, 0.25) is 0 Å². The van der Waals surface area contributed by atoms with Gasteiger partial charge in [-0.05, 0) is 114 Å². The Balaban J connectivity index is 0.830. The molecule has 0 radical (unpaired) electrons. The molecule has 0 saturated carbocycles. The minimum atomic E-state index is -1.10. The number of rotatable bonds is 16. The number of amides is 6. The summed E-state index contributed by atoms with van der Waals surface area (Å²) < 4.78 is 7.81. The van der Waals surface area contributed by atoms with Crippen LogP contribution >= 0.6 is 0 Å². The SMILES string of the molecule is CN(CCCCNC(=O)CNc1cccc2c1C(=O)N(C1CCC(=O)NC1=O)C2=O)C(C)(C)C=C(C#N)C(=O)N1CCCC(n2nc(-c3ccc(Oc4ccccc4)cc3)c3c(N)ncnc32)C1. The first-order valence-electron chi connectivity index (χ1n) is 22.5. The molecule has 68 heavy (non-hydrogen) atoms. The van der Waals surface area contributed by atoms with Crippen molar-refractivity contribution < 1.29 is 33.5 Å². The van der Waals surface area contributed by atoms with Gasteiger partial charge in [0.25, 0.3) is 17.7 Å². The lowest BCUT2D eigenvalue weighted by atomic mass is 9.97. The van der Waals surface area contributed by atoms with Gasteiger partial charge in [0.05, 0.1) is 29.1 Å². The number of likely N-dealkylation sites (N-methyl/N-ethyl adjacent to an activating group) is 1. The van der Waals surface area contributed by atoms with E-state index in [2.05, 4.69) is 32.0 Å². The molecule has 3 aromatic carbocycles. The number of anilines is 2. The second-order valence-corrected chi connectivity index (χ2v) is 17.6. The third kappa shape index (κ3) is 9.76. The number of aromatic nitrogens is 4. The predicted octanol–water partition coefficient (Wildman–Crippen LogP) is 4.60. The van der Waals surface area contributed by atoms with Gasteiger partial charge in [-0.25, -0.2) is 14.6 Å². The fraction of sp³-hybridized carbons (Fsp3) is 0.347. The maximum absolute atomic E-state index is 14.0. The van der Waals surface area contributed by atoms with E-state index in [0.717, 1.165) is 22.6 Å². The van der Waals surface area contributed by atoms with Crippen molar-refractivity contribution in [2.45, 2.75) is 70.0 Å². The molecule has 5 aromatic rings. The topological polar surface area (TPSA) is 251 Å². The van der Waals surface area contributed by atoms with E-state index in [0.29, 0.717) is 73.7 Å². The first kappa shape index (κ1) is 46.5. The lowest BCUT2D eigenvalue weighted by molar-refractivity contribution is -0.136. The van der Waals surface area contributed by atoms with Gasteiger partial charge in [0.15, 0.2) is 5.65 Å². The Morgan fingerprint density at radius 1 is 0.985 bits per heavy atom. The lowest BCUT2D eigenvalue weighted by Crippen LogP contribution is -2.54. The second kappa shape index (κ2) is 19.9. The molecular formula is C49H52N12O7. The minimum absolute atomic E-state index is 0.0107. The Morgan fingerprint density at radius 3 is 2.50 bits per heavy atom. The summed E-state index contributed by atoms with van der Waals surface area (Å²) >= 11 is 0. The fourth-order valence-corrected chi connectivity index (χ4v) is 8.76. The molecule has 8 rings (SSSR count). The van der Waals surface area contributed by atoms with E-state index in [1.807, 2.05) is 85.1 Å². The monoisotopic (exact) mass is 920 g/mol. The molecule has 5 heterocycles. The molecule has 350 valence electrons. The predicted molar refractivity (Wildman–Crippen MR) is 251 cm³/mol. The summed E-state index contributed by atoms with van der Waals surface area (Å²) in [5.74, 6) is -1.47. The molecule has 0 aliphatic carbocycles. The fourth-order valence-electron chi connectivity index (χ4n) is 8.76. The lowest BCUT2D eigenvalue weighted by Gasteiger charge is -2.35. The number of imide groups is 2. The average molecular weight is 921 g/mol. The summed E-state index contributed by atoms with van der Waals surface area (Å²) in [6.45, 7) is 5.48. The number of hydrogen-bond acceptors (Lipinski definition) is 14.